The fraction of sp³-hybridized carbons (Fsp3) is 0.214. The lowest BCUT2D eigenvalue weighted by Gasteiger charge is -2.05. The van der Waals surface area contributed by atoms with E-state index in [2.05, 4.69) is 10.6 Å². The molecule has 0 aliphatic heterocycles. The highest BCUT2D eigenvalue weighted by Crippen LogP contribution is 2.22. The zero-order chi connectivity index (χ0) is 16.5. The van der Waals surface area contributed by atoms with Gasteiger partial charge in [0.1, 0.15) is 11.6 Å². The van der Waals surface area contributed by atoms with E-state index in [0.717, 1.165) is 0 Å². The van der Waals surface area contributed by atoms with Crippen LogP contribution in [0.4, 0.5) is 11.4 Å². The van der Waals surface area contributed by atoms with E-state index >= 15 is 0 Å². The monoisotopic (exact) mass is 322 g/mol. The second-order valence-corrected chi connectivity index (χ2v) is 4.71. The topological polar surface area (TPSA) is 128 Å². The van der Waals surface area contributed by atoms with Crippen LogP contribution >= 0.6 is 11.6 Å². The Morgan fingerprint density at radius 1 is 1.45 bits per heavy atom. The van der Waals surface area contributed by atoms with Gasteiger partial charge in [0.15, 0.2) is 0 Å². The Balaban J connectivity index is 2.58. The first-order valence-electron chi connectivity index (χ1n) is 6.36. The minimum atomic E-state index is -0.938. The molecular weight excluding hydrogens is 308 g/mol. The van der Waals surface area contributed by atoms with Crippen molar-refractivity contribution >= 4 is 34.9 Å². The molecule has 1 rings (SSSR count). The van der Waals surface area contributed by atoms with E-state index in [0.29, 0.717) is 22.8 Å². The normalized spacial score (nSPS) is 10.6. The number of nitrogens with one attached hydrogen (secondary N) is 2. The summed E-state index contributed by atoms with van der Waals surface area (Å²) in [6.45, 7) is 0.178. The Kier molecular flexibility index (Phi) is 6.73. The van der Waals surface area contributed by atoms with Crippen LogP contribution in [-0.2, 0) is 9.59 Å². The Labute approximate surface area is 132 Å². The van der Waals surface area contributed by atoms with Gasteiger partial charge in [-0.15, -0.1) is 0 Å². The molecule has 0 atom stereocenters. The molecule has 0 aromatic heterocycles. The molecule has 22 heavy (non-hydrogen) atoms. The summed E-state index contributed by atoms with van der Waals surface area (Å²) in [6.07, 6.45) is 1.49. The lowest BCUT2D eigenvalue weighted by atomic mass is 10.2. The van der Waals surface area contributed by atoms with Crippen LogP contribution in [0, 0.1) is 11.3 Å². The lowest BCUT2D eigenvalue weighted by molar-refractivity contribution is -0.137. The van der Waals surface area contributed by atoms with Crippen LogP contribution in [0.15, 0.2) is 30.0 Å². The smallest absolute Gasteiger partial charge is 0.303 e. The second-order valence-electron chi connectivity index (χ2n) is 4.30. The number of rotatable bonds is 7. The Morgan fingerprint density at radius 2 is 2.18 bits per heavy atom. The van der Waals surface area contributed by atoms with Gasteiger partial charge in [-0.3, -0.25) is 9.59 Å². The van der Waals surface area contributed by atoms with Crippen molar-refractivity contribution in [1.29, 1.82) is 5.26 Å². The van der Waals surface area contributed by atoms with Crippen LogP contribution in [0.3, 0.4) is 0 Å². The third-order valence-corrected chi connectivity index (χ3v) is 2.93. The molecule has 0 radical (unpaired) electrons. The maximum Gasteiger partial charge on any atom is 0.303 e. The summed E-state index contributed by atoms with van der Waals surface area (Å²) in [7, 11) is 0. The molecule has 0 bridgehead atoms. The lowest BCUT2D eigenvalue weighted by Crippen LogP contribution is -2.26. The zero-order valence-electron chi connectivity index (χ0n) is 11.6. The Bertz CT molecular complexity index is 637. The summed E-state index contributed by atoms with van der Waals surface area (Å²) < 4.78 is 0. The predicted molar refractivity (Wildman–Crippen MR) is 83.1 cm³/mol. The van der Waals surface area contributed by atoms with Crippen molar-refractivity contribution in [3.8, 4) is 6.07 Å². The van der Waals surface area contributed by atoms with Crippen molar-refractivity contribution in [2.75, 3.05) is 17.6 Å². The molecule has 0 fully saturated rings. The number of nitrogens with two attached hydrogens (primary N) is 1. The summed E-state index contributed by atoms with van der Waals surface area (Å²) in [5.41, 5.74) is 6.44. The number of aliphatic carboxylic acids is 1. The van der Waals surface area contributed by atoms with E-state index < -0.39 is 11.9 Å². The molecule has 7 nitrogen and oxygen atoms in total. The fourth-order valence-electron chi connectivity index (χ4n) is 1.46. The first kappa shape index (κ1) is 17.3. The van der Waals surface area contributed by atoms with E-state index in [1.54, 1.807) is 24.3 Å². The fourth-order valence-corrected chi connectivity index (χ4v) is 1.64. The number of carboxylic acids is 1. The van der Waals surface area contributed by atoms with Gasteiger partial charge in [0, 0.05) is 24.9 Å². The number of hydrogen-bond donors (Lipinski definition) is 4. The molecule has 8 heteroatoms. The van der Waals surface area contributed by atoms with Crippen LogP contribution in [0.2, 0.25) is 5.02 Å². The van der Waals surface area contributed by atoms with Gasteiger partial charge < -0.3 is 21.5 Å². The molecule has 1 aromatic rings. The quantitative estimate of drug-likeness (QED) is 0.262. The van der Waals surface area contributed by atoms with E-state index in [-0.39, 0.29) is 18.5 Å². The van der Waals surface area contributed by atoms with Crippen LogP contribution in [0.25, 0.3) is 0 Å². The largest absolute Gasteiger partial charge is 0.481 e. The first-order valence-corrected chi connectivity index (χ1v) is 6.73. The van der Waals surface area contributed by atoms with Gasteiger partial charge in [-0.25, -0.2) is 0 Å². The molecular formula is C14H15ClN4O3. The van der Waals surface area contributed by atoms with Crippen LogP contribution in [0.5, 0.6) is 0 Å². The predicted octanol–water partition coefficient (Wildman–Crippen LogP) is 1.72. The van der Waals surface area contributed by atoms with Crippen molar-refractivity contribution in [3.63, 3.8) is 0 Å². The molecule has 0 unspecified atom stereocenters. The molecule has 0 saturated heterocycles. The summed E-state index contributed by atoms with van der Waals surface area (Å²) >= 11 is 5.86. The SMILES string of the molecule is N#C/C(=C/Nc1ccc(N)c(Cl)c1)C(=O)NCCCC(=O)O. The van der Waals surface area contributed by atoms with Crippen molar-refractivity contribution < 1.29 is 14.7 Å². The number of carboxylic acid groups (broad SMARTS) is 1. The third-order valence-electron chi connectivity index (χ3n) is 2.60. The number of hydrogen-bond acceptors (Lipinski definition) is 5. The number of anilines is 2. The average Bonchev–Trinajstić information content (AvgIpc) is 2.47. The van der Waals surface area contributed by atoms with Gasteiger partial charge in [0.25, 0.3) is 5.91 Å². The number of amides is 1. The van der Waals surface area contributed by atoms with Crippen molar-refractivity contribution in [3.05, 3.63) is 35.0 Å². The number of nitrogens with zero attached hydrogens (tertiary/aromatic N) is 1. The maximum absolute atomic E-state index is 11.7. The number of halogens is 1. The maximum atomic E-state index is 11.7. The minimum absolute atomic E-state index is 0.0476. The average molecular weight is 323 g/mol. The van der Waals surface area contributed by atoms with E-state index in [4.69, 9.17) is 27.7 Å². The van der Waals surface area contributed by atoms with Gasteiger partial charge in [-0.1, -0.05) is 11.6 Å². The summed E-state index contributed by atoms with van der Waals surface area (Å²) in [5.74, 6) is -1.52. The number of carbonyl (C=O) groups excluding carboxylic acids is 1. The van der Waals surface area contributed by atoms with E-state index in [1.165, 1.54) is 6.20 Å². The molecule has 0 aliphatic rings. The summed E-state index contributed by atoms with van der Waals surface area (Å²) in [5, 5.41) is 23.0. The van der Waals surface area contributed by atoms with Crippen molar-refractivity contribution in [1.82, 2.24) is 5.32 Å². The molecule has 1 aromatic carbocycles. The number of benzene rings is 1. The van der Waals surface area contributed by atoms with Crippen LogP contribution in [0.1, 0.15) is 12.8 Å². The van der Waals surface area contributed by atoms with Gasteiger partial charge in [0.05, 0.1) is 10.7 Å². The number of carbonyl (C=O) groups is 2. The second kappa shape index (κ2) is 8.54. The molecule has 0 aliphatic carbocycles. The molecule has 116 valence electrons. The van der Waals surface area contributed by atoms with Crippen molar-refractivity contribution in [2.24, 2.45) is 0 Å². The third kappa shape index (κ3) is 5.73. The number of nitriles is 1. The van der Waals surface area contributed by atoms with Crippen LogP contribution in [-0.4, -0.2) is 23.5 Å². The summed E-state index contributed by atoms with van der Waals surface area (Å²) in [6, 6.07) is 6.57. The Morgan fingerprint density at radius 3 is 2.77 bits per heavy atom. The minimum Gasteiger partial charge on any atom is -0.481 e. The van der Waals surface area contributed by atoms with Crippen LogP contribution < -0.4 is 16.4 Å². The highest BCUT2D eigenvalue weighted by Gasteiger charge is 2.08. The Hall–Kier alpha value is -2.72. The molecule has 1 amide bonds. The highest BCUT2D eigenvalue weighted by atomic mass is 35.5. The van der Waals surface area contributed by atoms with Gasteiger partial charge in [-0.05, 0) is 24.6 Å². The molecule has 0 saturated carbocycles. The highest BCUT2D eigenvalue weighted by molar-refractivity contribution is 6.33. The molecule has 5 N–H and O–H groups in total. The summed E-state index contributed by atoms with van der Waals surface area (Å²) in [4.78, 5) is 22.1. The van der Waals surface area contributed by atoms with E-state index in [9.17, 15) is 9.59 Å². The standard InChI is InChI=1S/C14H15ClN4O3/c15-11-6-10(3-4-12(11)17)19-8-9(7-16)14(22)18-5-1-2-13(20)21/h3-4,6,8,19H,1-2,5,17H2,(H,18,22)(H,20,21)/b9-8-. The molecule has 0 spiro atoms. The zero-order valence-corrected chi connectivity index (χ0v) is 12.4. The first-order chi connectivity index (χ1) is 10.4. The van der Waals surface area contributed by atoms with Crippen molar-refractivity contribution in [2.45, 2.75) is 12.8 Å². The van der Waals surface area contributed by atoms with Gasteiger partial charge in [-0.2, -0.15) is 5.26 Å². The molecule has 0 heterocycles. The van der Waals surface area contributed by atoms with E-state index in [1.807, 2.05) is 0 Å². The van der Waals surface area contributed by atoms with Gasteiger partial charge in [0.2, 0.25) is 0 Å². The number of nitrogen functional groups attached to an aromatic ring is 1. The van der Waals surface area contributed by atoms with Gasteiger partial charge >= 0.3 is 5.97 Å².